The summed E-state index contributed by atoms with van der Waals surface area (Å²) in [6.45, 7) is 3.74. The van der Waals surface area contributed by atoms with E-state index in [0.717, 1.165) is 26.2 Å². The first-order valence-electron chi connectivity index (χ1n) is 5.92. The predicted octanol–water partition coefficient (Wildman–Crippen LogP) is -0.0587. The summed E-state index contributed by atoms with van der Waals surface area (Å²) in [5, 5.41) is 0. The van der Waals surface area contributed by atoms with Crippen molar-refractivity contribution in [2.45, 2.75) is 0 Å². The molecule has 2 heterocycles. The van der Waals surface area contributed by atoms with Crippen molar-refractivity contribution in [3.8, 4) is 0 Å². The second kappa shape index (κ2) is 6.44. The molecule has 18 heavy (non-hydrogen) atoms. The average Bonchev–Trinajstić information content (AvgIpc) is 2.81. The number of carbonyl (C=O) groups is 2. The number of carbonyl (C=O) groups excluding carboxylic acids is 2. The van der Waals surface area contributed by atoms with Crippen LogP contribution in [0.1, 0.15) is 0 Å². The maximum Gasteiger partial charge on any atom is 0.321 e. The van der Waals surface area contributed by atoms with Gasteiger partial charge in [0.05, 0.1) is 0 Å². The Kier molecular flexibility index (Phi) is 5.21. The summed E-state index contributed by atoms with van der Waals surface area (Å²) in [7, 11) is 7.00. The van der Waals surface area contributed by atoms with Crippen LogP contribution in [0.5, 0.6) is 0 Å². The van der Waals surface area contributed by atoms with Crippen LogP contribution in [-0.2, 0) is 4.74 Å². The van der Waals surface area contributed by atoms with Crippen LogP contribution < -0.4 is 0 Å². The van der Waals surface area contributed by atoms with Crippen molar-refractivity contribution in [3.63, 3.8) is 0 Å². The van der Waals surface area contributed by atoms with Crippen molar-refractivity contribution in [1.29, 1.82) is 0 Å². The zero-order valence-electron chi connectivity index (χ0n) is 11.5. The molecule has 0 aromatic rings. The van der Waals surface area contributed by atoms with Gasteiger partial charge >= 0.3 is 12.1 Å². The second-order valence-electron chi connectivity index (χ2n) is 4.51. The van der Waals surface area contributed by atoms with E-state index in [-0.39, 0.29) is 12.1 Å². The quantitative estimate of drug-likeness (QED) is 0.697. The Morgan fingerprint density at radius 1 is 0.889 bits per heavy atom. The first kappa shape index (κ1) is 14.6. The molecule has 0 radical (unpaired) electrons. The minimum Gasteiger partial charge on any atom is -0.364 e. The highest BCUT2D eigenvalue weighted by Gasteiger charge is 2.24. The molecule has 0 aromatic heterocycles. The van der Waals surface area contributed by atoms with E-state index in [4.69, 9.17) is 4.74 Å². The summed E-state index contributed by atoms with van der Waals surface area (Å²) < 4.78 is 4.82. The summed E-state index contributed by atoms with van der Waals surface area (Å²) in [5.41, 5.74) is 0. The van der Waals surface area contributed by atoms with Gasteiger partial charge in [-0.15, -0.1) is 0 Å². The largest absolute Gasteiger partial charge is 0.364 e. The van der Waals surface area contributed by atoms with Crippen LogP contribution >= 0.6 is 0 Å². The number of amides is 4. The van der Waals surface area contributed by atoms with Crippen LogP contribution in [0.15, 0.2) is 0 Å². The molecule has 0 atom stereocenters. The number of hydrogen-bond acceptors (Lipinski definition) is 3. The zero-order valence-corrected chi connectivity index (χ0v) is 11.5. The highest BCUT2D eigenvalue weighted by Crippen LogP contribution is 2.04. The molecular formula is C11H22N4O3. The summed E-state index contributed by atoms with van der Waals surface area (Å²) >= 11 is 0. The maximum absolute atomic E-state index is 11.1. The first-order valence-corrected chi connectivity index (χ1v) is 5.92. The Bertz CT molecular complexity index is 297. The van der Waals surface area contributed by atoms with E-state index in [1.807, 2.05) is 14.1 Å². The summed E-state index contributed by atoms with van der Waals surface area (Å²) in [4.78, 5) is 28.6. The lowest BCUT2D eigenvalue weighted by Crippen LogP contribution is -2.30. The molecule has 4 amide bonds. The number of likely N-dealkylation sites (N-methyl/N-ethyl adjacent to an activating group) is 3. The standard InChI is InChI=1S/C6H12N2O2.C5H10N2O/c1-7-3-4-8(5-10-2)6(7)9;1-6-3-4-7(2)5(6)8/h3-5H2,1-2H3;3-4H2,1-2H3. The van der Waals surface area contributed by atoms with Gasteiger partial charge in [-0.2, -0.15) is 0 Å². The van der Waals surface area contributed by atoms with Gasteiger partial charge in [0, 0.05) is 54.4 Å². The number of hydrogen-bond donors (Lipinski definition) is 0. The normalized spacial score (nSPS) is 19.6. The molecule has 0 N–H and O–H groups in total. The third kappa shape index (κ3) is 3.49. The van der Waals surface area contributed by atoms with Crippen LogP contribution in [0.4, 0.5) is 9.59 Å². The second-order valence-corrected chi connectivity index (χ2v) is 4.51. The summed E-state index contributed by atoms with van der Waals surface area (Å²) in [6.07, 6.45) is 0. The minimum absolute atomic E-state index is 0.0573. The lowest BCUT2D eigenvalue weighted by molar-refractivity contribution is 0.0938. The Morgan fingerprint density at radius 3 is 1.61 bits per heavy atom. The Balaban J connectivity index is 0.000000184. The molecule has 2 saturated heterocycles. The van der Waals surface area contributed by atoms with Crippen LogP contribution in [0.3, 0.4) is 0 Å². The molecule has 2 aliphatic heterocycles. The number of ether oxygens (including phenoxy) is 1. The van der Waals surface area contributed by atoms with E-state index in [1.54, 1.807) is 33.8 Å². The van der Waals surface area contributed by atoms with Crippen molar-refractivity contribution in [3.05, 3.63) is 0 Å². The molecule has 0 bridgehead atoms. The predicted molar refractivity (Wildman–Crippen MR) is 67.3 cm³/mol. The third-order valence-electron chi connectivity index (χ3n) is 3.01. The van der Waals surface area contributed by atoms with Crippen LogP contribution in [0.25, 0.3) is 0 Å². The fraction of sp³-hybridized carbons (Fsp3) is 0.818. The monoisotopic (exact) mass is 258 g/mol. The van der Waals surface area contributed by atoms with Crippen molar-refractivity contribution in [2.24, 2.45) is 0 Å². The molecule has 2 rings (SSSR count). The Hall–Kier alpha value is -1.50. The van der Waals surface area contributed by atoms with Crippen molar-refractivity contribution >= 4 is 12.1 Å². The van der Waals surface area contributed by atoms with Gasteiger partial charge in [-0.1, -0.05) is 0 Å². The van der Waals surface area contributed by atoms with E-state index < -0.39 is 0 Å². The summed E-state index contributed by atoms with van der Waals surface area (Å²) in [5.74, 6) is 0. The number of urea groups is 2. The Labute approximate surface area is 108 Å². The van der Waals surface area contributed by atoms with Gasteiger partial charge in [0.1, 0.15) is 6.73 Å². The average molecular weight is 258 g/mol. The lowest BCUT2D eigenvalue weighted by Gasteiger charge is -2.13. The smallest absolute Gasteiger partial charge is 0.321 e. The van der Waals surface area contributed by atoms with E-state index in [2.05, 4.69) is 0 Å². The van der Waals surface area contributed by atoms with Gasteiger partial charge in [-0.25, -0.2) is 9.59 Å². The fourth-order valence-corrected chi connectivity index (χ4v) is 1.76. The van der Waals surface area contributed by atoms with Gasteiger partial charge in [0.25, 0.3) is 0 Å². The zero-order chi connectivity index (χ0) is 13.7. The molecule has 0 aliphatic carbocycles. The molecular weight excluding hydrogens is 236 g/mol. The molecule has 0 spiro atoms. The number of methoxy groups -OCH3 is 1. The molecule has 7 heteroatoms. The van der Waals surface area contributed by atoms with Crippen LogP contribution in [0, 0.1) is 0 Å². The molecule has 2 fully saturated rings. The van der Waals surface area contributed by atoms with E-state index in [9.17, 15) is 9.59 Å². The van der Waals surface area contributed by atoms with Crippen molar-refractivity contribution in [2.75, 3.05) is 61.2 Å². The SMILES string of the molecule is CN1CCN(C)C1=O.COCN1CCN(C)C1=O. The highest BCUT2D eigenvalue weighted by molar-refractivity contribution is 5.76. The molecule has 0 unspecified atom stereocenters. The van der Waals surface area contributed by atoms with Crippen LogP contribution in [0.2, 0.25) is 0 Å². The Morgan fingerprint density at radius 2 is 1.33 bits per heavy atom. The van der Waals surface area contributed by atoms with E-state index in [0.29, 0.717) is 6.73 Å². The van der Waals surface area contributed by atoms with Gasteiger partial charge in [0.15, 0.2) is 0 Å². The maximum atomic E-state index is 11.1. The summed E-state index contributed by atoms with van der Waals surface area (Å²) in [6, 6.07) is 0.187. The van der Waals surface area contributed by atoms with Crippen molar-refractivity contribution < 1.29 is 14.3 Å². The van der Waals surface area contributed by atoms with E-state index in [1.165, 1.54) is 0 Å². The van der Waals surface area contributed by atoms with E-state index >= 15 is 0 Å². The van der Waals surface area contributed by atoms with Crippen molar-refractivity contribution in [1.82, 2.24) is 19.6 Å². The topological polar surface area (TPSA) is 56.3 Å². The number of rotatable bonds is 2. The van der Waals surface area contributed by atoms with Gasteiger partial charge < -0.3 is 19.4 Å². The first-order chi connectivity index (χ1) is 8.47. The fourth-order valence-electron chi connectivity index (χ4n) is 1.76. The molecule has 7 nitrogen and oxygen atoms in total. The molecule has 0 aromatic carbocycles. The molecule has 2 aliphatic rings. The van der Waals surface area contributed by atoms with Crippen LogP contribution in [-0.4, -0.2) is 92.8 Å². The molecule has 0 saturated carbocycles. The lowest BCUT2D eigenvalue weighted by atomic mass is 10.6. The number of nitrogens with zero attached hydrogens (tertiary/aromatic N) is 4. The third-order valence-corrected chi connectivity index (χ3v) is 3.01. The van der Waals surface area contributed by atoms with Gasteiger partial charge in [0.2, 0.25) is 0 Å². The minimum atomic E-state index is 0.0573. The molecule has 104 valence electrons. The highest BCUT2D eigenvalue weighted by atomic mass is 16.5. The van der Waals surface area contributed by atoms with Gasteiger partial charge in [-0.3, -0.25) is 4.90 Å². The van der Waals surface area contributed by atoms with Gasteiger partial charge in [-0.05, 0) is 0 Å².